The van der Waals surface area contributed by atoms with Crippen molar-refractivity contribution in [2.45, 2.75) is 13.8 Å². The van der Waals surface area contributed by atoms with Crippen molar-refractivity contribution in [3.05, 3.63) is 35.3 Å². The van der Waals surface area contributed by atoms with Gasteiger partial charge in [-0.1, -0.05) is 0 Å². The highest BCUT2D eigenvalue weighted by Crippen LogP contribution is 2.31. The van der Waals surface area contributed by atoms with E-state index in [1.807, 2.05) is 32.0 Å². The highest BCUT2D eigenvalue weighted by atomic mass is 16.3. The van der Waals surface area contributed by atoms with E-state index in [0.29, 0.717) is 11.1 Å². The van der Waals surface area contributed by atoms with E-state index in [4.69, 9.17) is 8.83 Å². The Kier molecular flexibility index (Phi) is 1.72. The first kappa shape index (κ1) is 9.21. The van der Waals surface area contributed by atoms with Crippen molar-refractivity contribution in [2.75, 3.05) is 0 Å². The maximum absolute atomic E-state index is 11.2. The van der Waals surface area contributed by atoms with Crippen LogP contribution in [-0.2, 0) is 0 Å². The van der Waals surface area contributed by atoms with Gasteiger partial charge in [0.25, 0.3) is 0 Å². The third-order valence-corrected chi connectivity index (χ3v) is 2.71. The second kappa shape index (κ2) is 2.98. The SMILES string of the molecule is Cc1cc2c(C=O)c3oc(C)cc3cc2o1. The lowest BCUT2D eigenvalue weighted by Crippen LogP contribution is -1.81. The lowest BCUT2D eigenvalue weighted by Gasteiger charge is -1.95. The number of aryl methyl sites for hydroxylation is 2. The second-order valence-electron chi connectivity index (χ2n) is 3.95. The minimum absolute atomic E-state index is 0.567. The number of hydrogen-bond acceptors (Lipinski definition) is 3. The average Bonchev–Trinajstić information content (AvgIpc) is 2.74. The molecule has 3 aromatic rings. The maximum Gasteiger partial charge on any atom is 0.154 e. The van der Waals surface area contributed by atoms with Gasteiger partial charge >= 0.3 is 0 Å². The zero-order valence-electron chi connectivity index (χ0n) is 9.03. The van der Waals surface area contributed by atoms with Gasteiger partial charge in [-0.15, -0.1) is 0 Å². The minimum Gasteiger partial charge on any atom is -0.461 e. The maximum atomic E-state index is 11.2. The van der Waals surface area contributed by atoms with Crippen molar-refractivity contribution in [1.82, 2.24) is 0 Å². The van der Waals surface area contributed by atoms with Crippen LogP contribution < -0.4 is 0 Å². The van der Waals surface area contributed by atoms with Crippen molar-refractivity contribution < 1.29 is 13.6 Å². The molecule has 0 aliphatic heterocycles. The molecule has 0 aliphatic rings. The van der Waals surface area contributed by atoms with E-state index < -0.39 is 0 Å². The number of rotatable bonds is 1. The molecule has 0 bridgehead atoms. The van der Waals surface area contributed by atoms with Crippen LogP contribution in [-0.4, -0.2) is 6.29 Å². The summed E-state index contributed by atoms with van der Waals surface area (Å²) < 4.78 is 11.1. The normalized spacial score (nSPS) is 11.4. The zero-order valence-corrected chi connectivity index (χ0v) is 9.03. The summed E-state index contributed by atoms with van der Waals surface area (Å²) in [5.41, 5.74) is 1.94. The number of fused-ring (bicyclic) bond motifs is 2. The molecule has 0 fully saturated rings. The number of aldehydes is 1. The van der Waals surface area contributed by atoms with E-state index in [-0.39, 0.29) is 0 Å². The van der Waals surface area contributed by atoms with Crippen molar-refractivity contribution in [2.24, 2.45) is 0 Å². The molecule has 3 rings (SSSR count). The highest BCUT2D eigenvalue weighted by Gasteiger charge is 2.13. The van der Waals surface area contributed by atoms with Crippen LogP contribution in [0.4, 0.5) is 0 Å². The van der Waals surface area contributed by atoms with Gasteiger partial charge in [0.15, 0.2) is 6.29 Å². The molecular weight excluding hydrogens is 204 g/mol. The summed E-state index contributed by atoms with van der Waals surface area (Å²) in [5.74, 6) is 1.59. The molecule has 80 valence electrons. The largest absolute Gasteiger partial charge is 0.461 e. The van der Waals surface area contributed by atoms with Crippen molar-refractivity contribution in [1.29, 1.82) is 0 Å². The van der Waals surface area contributed by atoms with E-state index in [9.17, 15) is 4.79 Å². The van der Waals surface area contributed by atoms with Gasteiger partial charge in [-0.05, 0) is 32.0 Å². The summed E-state index contributed by atoms with van der Waals surface area (Å²) in [7, 11) is 0. The molecule has 0 unspecified atom stereocenters. The van der Waals surface area contributed by atoms with Crippen LogP contribution in [0.3, 0.4) is 0 Å². The third-order valence-electron chi connectivity index (χ3n) is 2.71. The number of hydrogen-bond donors (Lipinski definition) is 0. The topological polar surface area (TPSA) is 43.4 Å². The predicted octanol–water partition coefficient (Wildman–Crippen LogP) is 3.61. The molecule has 3 heteroatoms. The Labute approximate surface area is 91.6 Å². The first-order valence-electron chi connectivity index (χ1n) is 5.07. The second-order valence-corrected chi connectivity index (χ2v) is 3.95. The summed E-state index contributed by atoms with van der Waals surface area (Å²) in [5, 5.41) is 1.72. The fourth-order valence-electron chi connectivity index (χ4n) is 2.08. The summed E-state index contributed by atoms with van der Waals surface area (Å²) >= 11 is 0. The molecule has 16 heavy (non-hydrogen) atoms. The predicted molar refractivity (Wildman–Crippen MR) is 60.8 cm³/mol. The fourth-order valence-corrected chi connectivity index (χ4v) is 2.08. The number of benzene rings is 1. The Bertz CT molecular complexity index is 646. The molecular formula is C13H10O3. The van der Waals surface area contributed by atoms with Crippen LogP contribution in [0.1, 0.15) is 21.9 Å². The standard InChI is InChI=1S/C13H10O3/c1-7-3-9-5-12-10(4-8(2)15-12)11(6-14)13(9)16-7/h3-6H,1-2H3. The third kappa shape index (κ3) is 1.11. The summed E-state index contributed by atoms with van der Waals surface area (Å²) in [6, 6.07) is 5.66. The van der Waals surface area contributed by atoms with Gasteiger partial charge in [0, 0.05) is 10.8 Å². The van der Waals surface area contributed by atoms with Gasteiger partial charge < -0.3 is 8.83 Å². The van der Waals surface area contributed by atoms with Gasteiger partial charge in [-0.25, -0.2) is 0 Å². The summed E-state index contributed by atoms with van der Waals surface area (Å²) in [6.45, 7) is 3.73. The molecule has 2 heterocycles. The molecule has 1 aromatic carbocycles. The first-order valence-corrected chi connectivity index (χ1v) is 5.07. The Morgan fingerprint density at radius 1 is 1.06 bits per heavy atom. The van der Waals surface area contributed by atoms with E-state index >= 15 is 0 Å². The Morgan fingerprint density at radius 3 is 2.56 bits per heavy atom. The molecule has 0 N–H and O–H groups in total. The van der Waals surface area contributed by atoms with Crippen LogP contribution in [0.25, 0.3) is 21.9 Å². The monoisotopic (exact) mass is 214 g/mol. The van der Waals surface area contributed by atoms with Gasteiger partial charge in [0.1, 0.15) is 22.7 Å². The average molecular weight is 214 g/mol. The molecule has 0 radical (unpaired) electrons. The van der Waals surface area contributed by atoms with Gasteiger partial charge in [-0.3, -0.25) is 4.79 Å². The van der Waals surface area contributed by atoms with Crippen LogP contribution in [0.2, 0.25) is 0 Å². The minimum atomic E-state index is 0.567. The summed E-state index contributed by atoms with van der Waals surface area (Å²) in [6.07, 6.45) is 0.822. The Morgan fingerprint density at radius 2 is 1.81 bits per heavy atom. The molecule has 0 atom stereocenters. The Hall–Kier alpha value is -2.03. The van der Waals surface area contributed by atoms with Crippen LogP contribution >= 0.6 is 0 Å². The quantitative estimate of drug-likeness (QED) is 0.581. The van der Waals surface area contributed by atoms with Gasteiger partial charge in [-0.2, -0.15) is 0 Å². The molecule has 0 spiro atoms. The van der Waals surface area contributed by atoms with Crippen LogP contribution in [0.15, 0.2) is 27.0 Å². The van der Waals surface area contributed by atoms with Crippen molar-refractivity contribution in [3.8, 4) is 0 Å². The van der Waals surface area contributed by atoms with E-state index in [1.54, 1.807) is 0 Å². The number of carbonyl (C=O) groups excluding carboxylic acids is 1. The van der Waals surface area contributed by atoms with E-state index in [0.717, 1.165) is 34.2 Å². The molecule has 2 aromatic heterocycles. The lowest BCUT2D eigenvalue weighted by molar-refractivity contribution is 0.112. The van der Waals surface area contributed by atoms with Gasteiger partial charge in [0.05, 0.1) is 5.56 Å². The van der Waals surface area contributed by atoms with Crippen LogP contribution in [0.5, 0.6) is 0 Å². The number of carbonyl (C=O) groups is 1. The zero-order chi connectivity index (χ0) is 11.3. The number of furan rings is 2. The van der Waals surface area contributed by atoms with E-state index in [1.165, 1.54) is 0 Å². The van der Waals surface area contributed by atoms with Crippen molar-refractivity contribution in [3.63, 3.8) is 0 Å². The molecule has 0 aliphatic carbocycles. The Balaban J connectivity index is 2.58. The highest BCUT2D eigenvalue weighted by molar-refractivity contribution is 6.09. The lowest BCUT2D eigenvalue weighted by atomic mass is 10.1. The molecule has 0 saturated carbocycles. The fraction of sp³-hybridized carbons (Fsp3) is 0.154. The van der Waals surface area contributed by atoms with Crippen molar-refractivity contribution >= 4 is 28.2 Å². The molecule has 0 amide bonds. The molecule has 3 nitrogen and oxygen atoms in total. The van der Waals surface area contributed by atoms with E-state index in [2.05, 4.69) is 0 Å². The van der Waals surface area contributed by atoms with Crippen LogP contribution in [0, 0.1) is 13.8 Å². The smallest absolute Gasteiger partial charge is 0.154 e. The molecule has 0 saturated heterocycles. The first-order chi connectivity index (χ1) is 7.69. The summed E-state index contributed by atoms with van der Waals surface area (Å²) in [4.78, 5) is 11.2. The van der Waals surface area contributed by atoms with Gasteiger partial charge in [0.2, 0.25) is 0 Å².